The number of anilines is 4. The van der Waals surface area contributed by atoms with Crippen molar-refractivity contribution in [2.75, 3.05) is 16.2 Å². The monoisotopic (exact) mass is 412 g/mol. The van der Waals surface area contributed by atoms with Crippen molar-refractivity contribution in [3.63, 3.8) is 0 Å². The number of nitrogens with zero attached hydrogens (tertiary/aromatic N) is 3. The molecule has 0 amide bonds. The Balaban J connectivity index is 1.61. The van der Waals surface area contributed by atoms with E-state index in [9.17, 15) is 8.42 Å². The van der Waals surface area contributed by atoms with Gasteiger partial charge < -0.3 is 16.8 Å². The molecule has 3 aromatic rings. The van der Waals surface area contributed by atoms with Gasteiger partial charge in [0.25, 0.3) is 10.0 Å². The molecule has 0 fully saturated rings. The fourth-order valence-corrected chi connectivity index (χ4v) is 3.15. The van der Waals surface area contributed by atoms with Crippen molar-refractivity contribution in [2.45, 2.75) is 11.8 Å². The molecule has 0 saturated heterocycles. The Morgan fingerprint density at radius 3 is 2.00 bits per heavy atom. The van der Waals surface area contributed by atoms with Gasteiger partial charge in [0.15, 0.2) is 11.6 Å². The lowest BCUT2D eigenvalue weighted by atomic mass is 10.2. The summed E-state index contributed by atoms with van der Waals surface area (Å²) in [6.07, 6.45) is 0. The first-order chi connectivity index (χ1) is 13.8. The molecule has 0 unspecified atom stereocenters. The van der Waals surface area contributed by atoms with Crippen LogP contribution in [0.4, 0.5) is 23.0 Å². The van der Waals surface area contributed by atoms with Gasteiger partial charge in [-0.25, -0.2) is 0 Å². The Labute approximate surface area is 168 Å². The molecular formula is C18H20N8O2S. The highest BCUT2D eigenvalue weighted by molar-refractivity contribution is 7.90. The summed E-state index contributed by atoms with van der Waals surface area (Å²) in [5, 5.41) is 11.2. The SMILES string of the molecule is Cc1ccc(NNc2ccc(Nc3ccc(S(=O)(=O)N=C(N)N)cc3)nn2)cc1. The minimum absolute atomic E-state index is 0.0238. The Morgan fingerprint density at radius 2 is 1.41 bits per heavy atom. The molecule has 0 aliphatic rings. The lowest BCUT2D eigenvalue weighted by molar-refractivity contribution is 0.598. The number of hydrogen-bond donors (Lipinski definition) is 5. The second-order valence-corrected chi connectivity index (χ2v) is 7.66. The quantitative estimate of drug-likeness (QED) is 0.222. The van der Waals surface area contributed by atoms with E-state index < -0.39 is 16.0 Å². The highest BCUT2D eigenvalue weighted by Crippen LogP contribution is 2.19. The van der Waals surface area contributed by atoms with Crippen molar-refractivity contribution in [2.24, 2.45) is 15.9 Å². The zero-order valence-corrected chi connectivity index (χ0v) is 16.3. The topological polar surface area (TPSA) is 160 Å². The van der Waals surface area contributed by atoms with Crippen LogP contribution in [-0.2, 0) is 10.0 Å². The molecule has 11 heteroatoms. The van der Waals surface area contributed by atoms with E-state index in [2.05, 4.69) is 30.8 Å². The first-order valence-electron chi connectivity index (χ1n) is 8.47. The highest BCUT2D eigenvalue weighted by Gasteiger charge is 2.12. The van der Waals surface area contributed by atoms with Gasteiger partial charge >= 0.3 is 0 Å². The van der Waals surface area contributed by atoms with E-state index in [0.29, 0.717) is 17.3 Å². The lowest BCUT2D eigenvalue weighted by Crippen LogP contribution is -2.24. The van der Waals surface area contributed by atoms with Crippen molar-refractivity contribution < 1.29 is 8.42 Å². The van der Waals surface area contributed by atoms with Crippen molar-refractivity contribution in [3.05, 3.63) is 66.2 Å². The summed E-state index contributed by atoms with van der Waals surface area (Å²) < 4.78 is 27.1. The molecule has 0 atom stereocenters. The van der Waals surface area contributed by atoms with Crippen LogP contribution >= 0.6 is 0 Å². The zero-order valence-electron chi connectivity index (χ0n) is 15.5. The second-order valence-electron chi connectivity index (χ2n) is 6.06. The summed E-state index contributed by atoms with van der Waals surface area (Å²) >= 11 is 0. The van der Waals surface area contributed by atoms with Crippen LogP contribution in [0.25, 0.3) is 0 Å². The third kappa shape index (κ3) is 5.56. The van der Waals surface area contributed by atoms with Gasteiger partial charge in [-0.2, -0.15) is 8.42 Å². The predicted molar refractivity (Wildman–Crippen MR) is 113 cm³/mol. The van der Waals surface area contributed by atoms with Crippen LogP contribution in [0, 0.1) is 6.92 Å². The van der Waals surface area contributed by atoms with Gasteiger partial charge in [-0.05, 0) is 55.5 Å². The summed E-state index contributed by atoms with van der Waals surface area (Å²) in [4.78, 5) is -0.0238. The number of hydrogen-bond acceptors (Lipinski definition) is 7. The standard InChI is InChI=1S/C18H20N8O2S/c1-12-2-4-14(5-3-12)22-24-17-11-10-16(23-25-17)21-13-6-8-15(9-7-13)29(27,28)26-18(19)20/h2-11,22H,1H3,(H,21,23)(H,24,25)(H4,19,20,26). The van der Waals surface area contributed by atoms with Gasteiger partial charge in [0.2, 0.25) is 5.96 Å². The molecule has 10 nitrogen and oxygen atoms in total. The average Bonchev–Trinajstić information content (AvgIpc) is 2.68. The Morgan fingerprint density at radius 1 is 0.828 bits per heavy atom. The number of aromatic nitrogens is 2. The number of benzene rings is 2. The lowest BCUT2D eigenvalue weighted by Gasteiger charge is -2.10. The highest BCUT2D eigenvalue weighted by atomic mass is 32.2. The van der Waals surface area contributed by atoms with Crippen molar-refractivity contribution in [3.8, 4) is 0 Å². The van der Waals surface area contributed by atoms with E-state index in [0.717, 1.165) is 5.69 Å². The smallest absolute Gasteiger partial charge is 0.285 e. The van der Waals surface area contributed by atoms with Gasteiger partial charge in [-0.1, -0.05) is 17.7 Å². The predicted octanol–water partition coefficient (Wildman–Crippen LogP) is 1.93. The summed E-state index contributed by atoms with van der Waals surface area (Å²) in [6.45, 7) is 2.02. The third-order valence-corrected chi connectivity index (χ3v) is 5.02. The zero-order chi connectivity index (χ0) is 20.9. The summed E-state index contributed by atoms with van der Waals surface area (Å²) in [5.74, 6) is 0.508. The molecular weight excluding hydrogens is 392 g/mol. The van der Waals surface area contributed by atoms with E-state index in [1.54, 1.807) is 24.3 Å². The molecule has 0 aliphatic carbocycles. The normalized spacial score (nSPS) is 10.8. The van der Waals surface area contributed by atoms with Gasteiger partial charge in [0.1, 0.15) is 0 Å². The van der Waals surface area contributed by atoms with E-state index in [4.69, 9.17) is 11.5 Å². The maximum absolute atomic E-state index is 11.9. The summed E-state index contributed by atoms with van der Waals surface area (Å²) in [7, 11) is -3.92. The molecule has 0 bridgehead atoms. The molecule has 0 spiro atoms. The summed E-state index contributed by atoms with van der Waals surface area (Å²) in [6, 6.07) is 17.3. The van der Waals surface area contributed by atoms with Crippen LogP contribution in [0.5, 0.6) is 0 Å². The number of hydrazine groups is 1. The molecule has 2 aromatic carbocycles. The molecule has 29 heavy (non-hydrogen) atoms. The Hall–Kier alpha value is -3.86. The van der Waals surface area contributed by atoms with Gasteiger partial charge in [0.05, 0.1) is 10.6 Å². The fraction of sp³-hybridized carbons (Fsp3) is 0.0556. The van der Waals surface area contributed by atoms with Crippen LogP contribution in [0.15, 0.2) is 70.0 Å². The molecule has 0 aliphatic heterocycles. The maximum atomic E-state index is 11.9. The minimum atomic E-state index is -3.92. The average molecular weight is 412 g/mol. The van der Waals surface area contributed by atoms with Gasteiger partial charge in [-0.3, -0.25) is 10.9 Å². The van der Waals surface area contributed by atoms with E-state index in [1.807, 2.05) is 31.2 Å². The first-order valence-corrected chi connectivity index (χ1v) is 9.91. The number of nitrogens with one attached hydrogen (secondary N) is 3. The molecule has 1 heterocycles. The van der Waals surface area contributed by atoms with Crippen molar-refractivity contribution >= 4 is 39.0 Å². The van der Waals surface area contributed by atoms with Gasteiger partial charge in [-0.15, -0.1) is 14.6 Å². The first kappa shape index (κ1) is 19.9. The van der Waals surface area contributed by atoms with Crippen molar-refractivity contribution in [1.29, 1.82) is 0 Å². The molecule has 0 saturated carbocycles. The number of rotatable bonds is 7. The molecule has 0 radical (unpaired) electrons. The number of sulfonamides is 1. The van der Waals surface area contributed by atoms with Crippen LogP contribution < -0.4 is 27.6 Å². The van der Waals surface area contributed by atoms with E-state index in [-0.39, 0.29) is 4.90 Å². The Bertz CT molecular complexity index is 1090. The van der Waals surface area contributed by atoms with E-state index >= 15 is 0 Å². The van der Waals surface area contributed by atoms with Gasteiger partial charge in [0, 0.05) is 5.69 Å². The number of guanidine groups is 1. The van der Waals surface area contributed by atoms with Crippen LogP contribution in [0.2, 0.25) is 0 Å². The molecule has 150 valence electrons. The maximum Gasteiger partial charge on any atom is 0.285 e. The van der Waals surface area contributed by atoms with Crippen LogP contribution in [-0.4, -0.2) is 24.6 Å². The van der Waals surface area contributed by atoms with Crippen molar-refractivity contribution in [1.82, 2.24) is 10.2 Å². The fourth-order valence-electron chi connectivity index (χ4n) is 2.29. The number of nitrogens with two attached hydrogens (primary N) is 2. The molecule has 3 rings (SSSR count). The van der Waals surface area contributed by atoms with Crippen LogP contribution in [0.1, 0.15) is 5.56 Å². The van der Waals surface area contributed by atoms with Crippen LogP contribution in [0.3, 0.4) is 0 Å². The molecule has 7 N–H and O–H groups in total. The second kappa shape index (κ2) is 8.44. The summed E-state index contributed by atoms with van der Waals surface area (Å²) in [5.41, 5.74) is 19.0. The molecule has 1 aromatic heterocycles. The Kier molecular flexibility index (Phi) is 5.79. The minimum Gasteiger partial charge on any atom is -0.369 e. The largest absolute Gasteiger partial charge is 0.369 e. The number of aryl methyl sites for hydroxylation is 1. The third-order valence-electron chi connectivity index (χ3n) is 3.70. The van der Waals surface area contributed by atoms with E-state index in [1.165, 1.54) is 17.7 Å².